The maximum Gasteiger partial charge on any atom is 0.222 e. The molecule has 0 aromatic rings. The summed E-state index contributed by atoms with van der Waals surface area (Å²) in [6, 6.07) is 0. The van der Waals surface area contributed by atoms with Crippen LogP contribution in [0, 0.1) is 0 Å². The molecule has 0 rings (SSSR count). The summed E-state index contributed by atoms with van der Waals surface area (Å²) in [6.07, 6.45) is 1.33. The van der Waals surface area contributed by atoms with E-state index in [1.54, 1.807) is 0 Å². The predicted molar refractivity (Wildman–Crippen MR) is 73.0 cm³/mol. The first kappa shape index (κ1) is 16.9. The fourth-order valence-electron chi connectivity index (χ4n) is 1.32. The lowest BCUT2D eigenvalue weighted by molar-refractivity contribution is -0.123. The minimum absolute atomic E-state index is 0.0537. The van der Waals surface area contributed by atoms with Crippen molar-refractivity contribution in [1.29, 1.82) is 0 Å². The van der Waals surface area contributed by atoms with Gasteiger partial charge >= 0.3 is 0 Å². The highest BCUT2D eigenvalue weighted by Gasteiger charge is 2.15. The zero-order valence-corrected chi connectivity index (χ0v) is 12.2. The van der Waals surface area contributed by atoms with E-state index in [0.29, 0.717) is 25.8 Å². The van der Waals surface area contributed by atoms with Gasteiger partial charge in [0, 0.05) is 30.5 Å². The first-order valence-corrected chi connectivity index (χ1v) is 6.36. The number of carbonyl (C=O) groups is 2. The van der Waals surface area contributed by atoms with Crippen LogP contribution in [0.3, 0.4) is 0 Å². The van der Waals surface area contributed by atoms with Crippen LogP contribution in [0.5, 0.6) is 0 Å². The Balaban J connectivity index is 3.72. The fraction of sp³-hybridized carbons (Fsp3) is 0.846. The normalized spacial score (nSPS) is 12.1. The molecule has 0 unspecified atom stereocenters. The van der Waals surface area contributed by atoms with E-state index in [1.807, 2.05) is 34.6 Å². The van der Waals surface area contributed by atoms with E-state index in [-0.39, 0.29) is 22.9 Å². The molecule has 0 aromatic heterocycles. The molecule has 106 valence electrons. The molecule has 4 N–H and O–H groups in total. The molecule has 0 saturated heterocycles. The zero-order valence-electron chi connectivity index (χ0n) is 12.2. The third kappa shape index (κ3) is 11.4. The van der Waals surface area contributed by atoms with Crippen LogP contribution >= 0.6 is 0 Å². The van der Waals surface area contributed by atoms with Gasteiger partial charge < -0.3 is 16.4 Å². The third-order valence-electron chi connectivity index (χ3n) is 2.19. The SMILES string of the molecule is CC(C)(N)CCC(=O)NCCC(=O)NC(C)(C)C. The first-order valence-electron chi connectivity index (χ1n) is 6.36. The summed E-state index contributed by atoms with van der Waals surface area (Å²) in [7, 11) is 0. The highest BCUT2D eigenvalue weighted by Crippen LogP contribution is 2.06. The van der Waals surface area contributed by atoms with Crippen LogP contribution in [0.2, 0.25) is 0 Å². The summed E-state index contributed by atoms with van der Waals surface area (Å²) in [6.45, 7) is 9.91. The molecule has 0 bridgehead atoms. The van der Waals surface area contributed by atoms with E-state index < -0.39 is 0 Å². The first-order chi connectivity index (χ1) is 7.99. The van der Waals surface area contributed by atoms with E-state index in [2.05, 4.69) is 10.6 Å². The van der Waals surface area contributed by atoms with Gasteiger partial charge in [0.25, 0.3) is 0 Å². The number of hydrogen-bond donors (Lipinski definition) is 3. The maximum atomic E-state index is 11.5. The zero-order chi connectivity index (χ0) is 14.4. The van der Waals surface area contributed by atoms with Crippen molar-refractivity contribution in [3.05, 3.63) is 0 Å². The quantitative estimate of drug-likeness (QED) is 0.661. The number of hydrogen-bond acceptors (Lipinski definition) is 3. The van der Waals surface area contributed by atoms with Crippen LogP contribution < -0.4 is 16.4 Å². The topological polar surface area (TPSA) is 84.2 Å². The number of nitrogens with one attached hydrogen (secondary N) is 2. The van der Waals surface area contributed by atoms with Crippen molar-refractivity contribution in [2.24, 2.45) is 5.73 Å². The second kappa shape index (κ2) is 6.73. The van der Waals surface area contributed by atoms with Gasteiger partial charge in [0.2, 0.25) is 11.8 Å². The molecule has 0 spiro atoms. The highest BCUT2D eigenvalue weighted by molar-refractivity contribution is 5.79. The molecular weight excluding hydrogens is 230 g/mol. The van der Waals surface area contributed by atoms with E-state index in [4.69, 9.17) is 5.73 Å². The molecule has 0 aromatic carbocycles. The van der Waals surface area contributed by atoms with Gasteiger partial charge in [-0.15, -0.1) is 0 Å². The smallest absolute Gasteiger partial charge is 0.222 e. The fourth-order valence-corrected chi connectivity index (χ4v) is 1.32. The molecule has 0 atom stereocenters. The Labute approximate surface area is 110 Å². The van der Waals surface area contributed by atoms with Gasteiger partial charge in [-0.3, -0.25) is 9.59 Å². The molecule has 0 saturated carbocycles. The lowest BCUT2D eigenvalue weighted by Gasteiger charge is -2.20. The average Bonchev–Trinajstić information content (AvgIpc) is 2.10. The van der Waals surface area contributed by atoms with Crippen molar-refractivity contribution in [3.63, 3.8) is 0 Å². The van der Waals surface area contributed by atoms with Crippen LogP contribution in [-0.2, 0) is 9.59 Å². The molecule has 0 heterocycles. The van der Waals surface area contributed by atoms with E-state index in [1.165, 1.54) is 0 Å². The van der Waals surface area contributed by atoms with Gasteiger partial charge in [-0.1, -0.05) is 0 Å². The molecule has 0 fully saturated rings. The van der Waals surface area contributed by atoms with Gasteiger partial charge in [-0.2, -0.15) is 0 Å². The maximum absolute atomic E-state index is 11.5. The molecule has 2 amide bonds. The standard InChI is InChI=1S/C13H27N3O2/c1-12(2,3)16-11(18)7-9-15-10(17)6-8-13(4,5)14/h6-9,14H2,1-5H3,(H,15,17)(H,16,18). The molecule has 0 aliphatic heterocycles. The number of amides is 2. The summed E-state index contributed by atoms with van der Waals surface area (Å²) < 4.78 is 0. The molecule has 5 nitrogen and oxygen atoms in total. The van der Waals surface area contributed by atoms with Crippen molar-refractivity contribution < 1.29 is 9.59 Å². The summed E-state index contributed by atoms with van der Waals surface area (Å²) in [5, 5.41) is 5.56. The lowest BCUT2D eigenvalue weighted by Crippen LogP contribution is -2.42. The van der Waals surface area contributed by atoms with Crippen LogP contribution in [-0.4, -0.2) is 29.4 Å². The molecule has 18 heavy (non-hydrogen) atoms. The predicted octanol–water partition coefficient (Wildman–Crippen LogP) is 0.925. The van der Waals surface area contributed by atoms with Gasteiger partial charge in [-0.25, -0.2) is 0 Å². The Kier molecular flexibility index (Phi) is 6.32. The van der Waals surface area contributed by atoms with Crippen LogP contribution in [0.4, 0.5) is 0 Å². The minimum Gasteiger partial charge on any atom is -0.356 e. The third-order valence-corrected chi connectivity index (χ3v) is 2.19. The number of nitrogens with two attached hydrogens (primary N) is 1. The monoisotopic (exact) mass is 257 g/mol. The Morgan fingerprint density at radius 2 is 1.56 bits per heavy atom. The van der Waals surface area contributed by atoms with E-state index in [9.17, 15) is 9.59 Å². The van der Waals surface area contributed by atoms with Gasteiger partial charge in [0.15, 0.2) is 0 Å². The minimum atomic E-state index is -0.332. The summed E-state index contributed by atoms with van der Waals surface area (Å²) in [5.41, 5.74) is 5.22. The Morgan fingerprint density at radius 3 is 2.00 bits per heavy atom. The van der Waals surface area contributed by atoms with Crippen molar-refractivity contribution in [2.45, 2.75) is 65.0 Å². The largest absolute Gasteiger partial charge is 0.356 e. The molecular formula is C13H27N3O2. The lowest BCUT2D eigenvalue weighted by atomic mass is 10.00. The second-order valence-corrected chi connectivity index (χ2v) is 6.39. The molecule has 5 heteroatoms. The van der Waals surface area contributed by atoms with E-state index in [0.717, 1.165) is 0 Å². The Morgan fingerprint density at radius 1 is 1.00 bits per heavy atom. The number of rotatable bonds is 6. The van der Waals surface area contributed by atoms with Gasteiger partial charge in [0.05, 0.1) is 0 Å². The summed E-state index contributed by atoms with van der Waals surface area (Å²) >= 11 is 0. The Bertz CT molecular complexity index is 288. The van der Waals surface area contributed by atoms with E-state index >= 15 is 0 Å². The Hall–Kier alpha value is -1.10. The highest BCUT2D eigenvalue weighted by atomic mass is 16.2. The van der Waals surface area contributed by atoms with Crippen LogP contribution in [0.1, 0.15) is 53.9 Å². The second-order valence-electron chi connectivity index (χ2n) is 6.39. The average molecular weight is 257 g/mol. The van der Waals surface area contributed by atoms with Crippen molar-refractivity contribution in [2.75, 3.05) is 6.54 Å². The van der Waals surface area contributed by atoms with Gasteiger partial charge in [0.1, 0.15) is 0 Å². The van der Waals surface area contributed by atoms with Crippen molar-refractivity contribution >= 4 is 11.8 Å². The van der Waals surface area contributed by atoms with Crippen LogP contribution in [0.25, 0.3) is 0 Å². The molecule has 0 radical (unpaired) electrons. The van der Waals surface area contributed by atoms with Gasteiger partial charge in [-0.05, 0) is 41.0 Å². The summed E-state index contributed by atoms with van der Waals surface area (Å²) in [4.78, 5) is 22.9. The van der Waals surface area contributed by atoms with Crippen molar-refractivity contribution in [1.82, 2.24) is 10.6 Å². The van der Waals surface area contributed by atoms with Crippen molar-refractivity contribution in [3.8, 4) is 0 Å². The molecule has 0 aliphatic carbocycles. The van der Waals surface area contributed by atoms with Crippen LogP contribution in [0.15, 0.2) is 0 Å². The number of carbonyl (C=O) groups excluding carboxylic acids is 2. The molecule has 0 aliphatic rings. The summed E-state index contributed by atoms with van der Waals surface area (Å²) in [5.74, 6) is -0.112.